The average Bonchev–Trinajstić information content (AvgIpc) is 3.08. The highest BCUT2D eigenvalue weighted by Gasteiger charge is 2.02. The third kappa shape index (κ3) is 14.6. The summed E-state index contributed by atoms with van der Waals surface area (Å²) in [4.78, 5) is 16.1. The fourth-order valence-electron chi connectivity index (χ4n) is 2.86. The summed E-state index contributed by atoms with van der Waals surface area (Å²) in [6, 6.07) is 0. The largest absolute Gasteiger partial charge is 0.400 e. The molecule has 1 atom stereocenters. The summed E-state index contributed by atoms with van der Waals surface area (Å²) in [5.41, 5.74) is 2.50. The molecule has 0 bridgehead atoms. The van der Waals surface area contributed by atoms with Gasteiger partial charge in [0, 0.05) is 19.0 Å². The van der Waals surface area contributed by atoms with Crippen molar-refractivity contribution < 1.29 is 9.90 Å². The van der Waals surface area contributed by atoms with E-state index in [0.29, 0.717) is 5.92 Å². The van der Waals surface area contributed by atoms with E-state index in [-0.39, 0.29) is 5.91 Å². The van der Waals surface area contributed by atoms with Crippen LogP contribution in [0.2, 0.25) is 0 Å². The van der Waals surface area contributed by atoms with Crippen LogP contribution in [-0.4, -0.2) is 29.7 Å². The van der Waals surface area contributed by atoms with Crippen molar-refractivity contribution >= 4 is 23.3 Å². The lowest BCUT2D eigenvalue weighted by molar-refractivity contribution is -0.116. The number of allylic oxidation sites excluding steroid dienone is 2. The Labute approximate surface area is 176 Å². The minimum atomic E-state index is 0.0480. The SMILES string of the molecule is CCCCCNC(=O)/C=C/CCC(C)CCC/C(C)=C/c1csc(C)n1.CO. The molecule has 1 aromatic heterocycles. The Morgan fingerprint density at radius 3 is 2.68 bits per heavy atom. The minimum Gasteiger partial charge on any atom is -0.400 e. The maximum Gasteiger partial charge on any atom is 0.243 e. The molecular formula is C23H40N2O2S. The first kappa shape index (κ1) is 26.5. The number of aromatic nitrogens is 1. The van der Waals surface area contributed by atoms with Crippen LogP contribution in [-0.2, 0) is 4.79 Å². The van der Waals surface area contributed by atoms with E-state index in [1.165, 1.54) is 31.3 Å². The van der Waals surface area contributed by atoms with Gasteiger partial charge >= 0.3 is 0 Å². The van der Waals surface area contributed by atoms with Crippen LogP contribution in [0.4, 0.5) is 0 Å². The number of rotatable bonds is 13. The van der Waals surface area contributed by atoms with Crippen molar-refractivity contribution in [2.24, 2.45) is 5.92 Å². The van der Waals surface area contributed by atoms with Crippen LogP contribution < -0.4 is 5.32 Å². The van der Waals surface area contributed by atoms with Gasteiger partial charge in [-0.05, 0) is 64.0 Å². The number of carbonyl (C=O) groups is 1. The molecule has 5 heteroatoms. The number of unbranched alkanes of at least 4 members (excludes halogenated alkanes) is 2. The maximum atomic E-state index is 11.6. The fourth-order valence-corrected chi connectivity index (χ4v) is 3.43. The topological polar surface area (TPSA) is 62.2 Å². The van der Waals surface area contributed by atoms with Gasteiger partial charge in [0.15, 0.2) is 0 Å². The summed E-state index contributed by atoms with van der Waals surface area (Å²) in [5, 5.41) is 13.2. The molecule has 0 spiro atoms. The zero-order chi connectivity index (χ0) is 21.2. The fraction of sp³-hybridized carbons (Fsp3) is 0.652. The van der Waals surface area contributed by atoms with Crippen molar-refractivity contribution in [1.82, 2.24) is 10.3 Å². The molecule has 4 nitrogen and oxygen atoms in total. The molecule has 0 saturated carbocycles. The predicted octanol–water partition coefficient (Wildman–Crippen LogP) is 5.91. The van der Waals surface area contributed by atoms with E-state index >= 15 is 0 Å². The number of carbonyl (C=O) groups excluding carboxylic acids is 1. The summed E-state index contributed by atoms with van der Waals surface area (Å²) in [7, 11) is 1.00. The lowest BCUT2D eigenvalue weighted by atomic mass is 9.97. The van der Waals surface area contributed by atoms with Gasteiger partial charge in [-0.15, -0.1) is 11.3 Å². The molecule has 28 heavy (non-hydrogen) atoms. The Bertz CT molecular complexity index is 579. The van der Waals surface area contributed by atoms with Gasteiger partial charge in [0.05, 0.1) is 10.7 Å². The number of aliphatic hydroxyl groups is 1. The normalized spacial score (nSPS) is 12.6. The Hall–Kier alpha value is -1.46. The van der Waals surface area contributed by atoms with Gasteiger partial charge in [-0.1, -0.05) is 44.8 Å². The standard InChI is InChI=1S/C22H36N2OS.CH4O/c1-5-6-9-15-23-22(25)14-8-7-11-18(2)12-10-13-19(3)16-21-17-26-20(4)24-21;1-2/h8,14,16-18H,5-7,9-13,15H2,1-4H3,(H,23,25);2H,1H3/b14-8+,19-16+;. The van der Waals surface area contributed by atoms with Crippen LogP contribution in [0, 0.1) is 12.8 Å². The molecule has 1 unspecified atom stereocenters. The number of hydrogen-bond donors (Lipinski definition) is 2. The van der Waals surface area contributed by atoms with Crippen molar-refractivity contribution in [1.29, 1.82) is 0 Å². The number of aliphatic hydroxyl groups excluding tert-OH is 1. The van der Waals surface area contributed by atoms with Crippen LogP contribution in [0.25, 0.3) is 6.08 Å². The van der Waals surface area contributed by atoms with Crippen LogP contribution >= 0.6 is 11.3 Å². The molecule has 1 aromatic rings. The monoisotopic (exact) mass is 408 g/mol. The lowest BCUT2D eigenvalue weighted by Gasteiger charge is -2.09. The first-order valence-electron chi connectivity index (χ1n) is 10.5. The molecule has 0 saturated heterocycles. The average molecular weight is 409 g/mol. The summed E-state index contributed by atoms with van der Waals surface area (Å²) >= 11 is 1.70. The highest BCUT2D eigenvalue weighted by atomic mass is 32.1. The Balaban J connectivity index is 0.00000352. The van der Waals surface area contributed by atoms with E-state index in [1.54, 1.807) is 17.4 Å². The molecule has 0 aliphatic rings. The third-order valence-corrected chi connectivity index (χ3v) is 5.27. The second-order valence-corrected chi connectivity index (χ2v) is 8.32. The minimum absolute atomic E-state index is 0.0480. The molecule has 160 valence electrons. The molecule has 1 heterocycles. The van der Waals surface area contributed by atoms with E-state index < -0.39 is 0 Å². The number of hydrogen-bond acceptors (Lipinski definition) is 4. The molecule has 1 rings (SSSR count). The smallest absolute Gasteiger partial charge is 0.243 e. The van der Waals surface area contributed by atoms with Crippen LogP contribution in [0.1, 0.15) is 82.8 Å². The van der Waals surface area contributed by atoms with E-state index in [2.05, 4.69) is 42.5 Å². The number of aryl methyl sites for hydroxylation is 1. The van der Waals surface area contributed by atoms with Gasteiger partial charge in [-0.2, -0.15) is 0 Å². The number of nitrogens with zero attached hydrogens (tertiary/aromatic N) is 1. The first-order chi connectivity index (χ1) is 13.5. The highest BCUT2D eigenvalue weighted by Crippen LogP contribution is 2.19. The van der Waals surface area contributed by atoms with Crippen LogP contribution in [0.3, 0.4) is 0 Å². The van der Waals surface area contributed by atoms with E-state index in [0.717, 1.165) is 50.0 Å². The quantitative estimate of drug-likeness (QED) is 0.315. The highest BCUT2D eigenvalue weighted by molar-refractivity contribution is 7.09. The van der Waals surface area contributed by atoms with Crippen molar-refractivity contribution in [3.8, 4) is 0 Å². The van der Waals surface area contributed by atoms with Crippen molar-refractivity contribution in [3.05, 3.63) is 33.8 Å². The van der Waals surface area contributed by atoms with E-state index in [4.69, 9.17) is 5.11 Å². The van der Waals surface area contributed by atoms with Gasteiger partial charge in [-0.25, -0.2) is 4.98 Å². The second-order valence-electron chi connectivity index (χ2n) is 7.26. The third-order valence-electron chi connectivity index (χ3n) is 4.47. The maximum absolute atomic E-state index is 11.6. The number of thiazole rings is 1. The number of nitrogens with one attached hydrogen (secondary N) is 1. The molecule has 0 aliphatic heterocycles. The molecule has 0 radical (unpaired) electrons. The molecule has 1 amide bonds. The Kier molecular flexibility index (Phi) is 16.7. The predicted molar refractivity (Wildman–Crippen MR) is 123 cm³/mol. The molecule has 0 fully saturated rings. The number of amides is 1. The van der Waals surface area contributed by atoms with Crippen molar-refractivity contribution in [2.75, 3.05) is 13.7 Å². The summed E-state index contributed by atoms with van der Waals surface area (Å²) < 4.78 is 0. The zero-order valence-corrected chi connectivity index (χ0v) is 19.3. The second kappa shape index (κ2) is 17.6. The van der Waals surface area contributed by atoms with Gasteiger partial charge < -0.3 is 10.4 Å². The Morgan fingerprint density at radius 1 is 1.29 bits per heavy atom. The van der Waals surface area contributed by atoms with E-state index in [9.17, 15) is 4.79 Å². The zero-order valence-electron chi connectivity index (χ0n) is 18.5. The van der Waals surface area contributed by atoms with Crippen LogP contribution in [0.15, 0.2) is 23.1 Å². The summed E-state index contributed by atoms with van der Waals surface area (Å²) in [5.74, 6) is 0.744. The van der Waals surface area contributed by atoms with Gasteiger partial charge in [0.25, 0.3) is 0 Å². The van der Waals surface area contributed by atoms with Crippen molar-refractivity contribution in [3.63, 3.8) is 0 Å². The molecule has 2 N–H and O–H groups in total. The Morgan fingerprint density at radius 2 is 2.04 bits per heavy atom. The lowest BCUT2D eigenvalue weighted by Crippen LogP contribution is -2.21. The van der Waals surface area contributed by atoms with Crippen LogP contribution in [0.5, 0.6) is 0 Å². The summed E-state index contributed by atoms with van der Waals surface area (Å²) in [6.45, 7) is 9.51. The molecule has 0 aromatic carbocycles. The first-order valence-corrected chi connectivity index (χ1v) is 11.4. The van der Waals surface area contributed by atoms with E-state index in [1.807, 2.05) is 13.0 Å². The van der Waals surface area contributed by atoms with Gasteiger partial charge in [0.2, 0.25) is 5.91 Å². The molecule has 0 aliphatic carbocycles. The van der Waals surface area contributed by atoms with Gasteiger partial charge in [-0.3, -0.25) is 4.79 Å². The molecular weight excluding hydrogens is 368 g/mol. The van der Waals surface area contributed by atoms with Crippen molar-refractivity contribution in [2.45, 2.75) is 79.1 Å². The van der Waals surface area contributed by atoms with Gasteiger partial charge in [0.1, 0.15) is 0 Å². The summed E-state index contributed by atoms with van der Waals surface area (Å²) in [6.07, 6.45) is 15.1.